The summed E-state index contributed by atoms with van der Waals surface area (Å²) < 4.78 is 0. The fourth-order valence-electron chi connectivity index (χ4n) is 1.84. The summed E-state index contributed by atoms with van der Waals surface area (Å²) in [5.74, 6) is 0.567. The summed E-state index contributed by atoms with van der Waals surface area (Å²) in [4.78, 5) is 11.8. The Kier molecular flexibility index (Phi) is 4.06. The summed E-state index contributed by atoms with van der Waals surface area (Å²) in [7, 11) is 0. The van der Waals surface area contributed by atoms with E-state index >= 15 is 0 Å². The van der Waals surface area contributed by atoms with E-state index in [1.54, 1.807) is 0 Å². The summed E-state index contributed by atoms with van der Waals surface area (Å²) in [6.07, 6.45) is 2.88. The van der Waals surface area contributed by atoms with Crippen LogP contribution >= 0.6 is 11.3 Å². The second-order valence-electron chi connectivity index (χ2n) is 4.74. The smallest absolute Gasteiger partial charge is 0.243 e. The molecule has 6 heteroatoms. The van der Waals surface area contributed by atoms with Crippen LogP contribution < -0.4 is 10.6 Å². The minimum atomic E-state index is -0.0625. The van der Waals surface area contributed by atoms with E-state index in [4.69, 9.17) is 0 Å². The van der Waals surface area contributed by atoms with E-state index in [-0.39, 0.29) is 11.9 Å². The number of nitrogens with one attached hydrogen (secondary N) is 2. The maximum Gasteiger partial charge on any atom is 0.243 e. The number of carbonyl (C=O) groups excluding carboxylic acids is 1. The van der Waals surface area contributed by atoms with E-state index < -0.39 is 0 Å². The van der Waals surface area contributed by atoms with Gasteiger partial charge in [0.15, 0.2) is 0 Å². The molecule has 1 amide bonds. The SMILES string of the molecule is CC(C)Cc1nnc(NC(=O)[C@@H]2CCCN2)s1. The predicted octanol–water partition coefficient (Wildman–Crippen LogP) is 1.43. The molecule has 0 bridgehead atoms. The van der Waals surface area contributed by atoms with Crippen LogP contribution in [-0.4, -0.2) is 28.7 Å². The first kappa shape index (κ1) is 12.4. The highest BCUT2D eigenvalue weighted by Crippen LogP contribution is 2.19. The van der Waals surface area contributed by atoms with Crippen LogP contribution in [0.2, 0.25) is 0 Å². The lowest BCUT2D eigenvalue weighted by Gasteiger charge is -2.07. The third-order valence-corrected chi connectivity index (χ3v) is 3.52. The molecule has 0 spiro atoms. The molecule has 0 unspecified atom stereocenters. The molecule has 2 rings (SSSR count). The minimum Gasteiger partial charge on any atom is -0.306 e. The molecule has 1 fully saturated rings. The third kappa shape index (κ3) is 3.47. The van der Waals surface area contributed by atoms with E-state index in [1.165, 1.54) is 11.3 Å². The molecule has 0 saturated carbocycles. The molecule has 94 valence electrons. The molecule has 2 N–H and O–H groups in total. The van der Waals surface area contributed by atoms with Crippen LogP contribution in [0.3, 0.4) is 0 Å². The van der Waals surface area contributed by atoms with Crippen molar-refractivity contribution in [1.29, 1.82) is 0 Å². The summed E-state index contributed by atoms with van der Waals surface area (Å²) in [5, 5.41) is 15.6. The van der Waals surface area contributed by atoms with Crippen LogP contribution in [0, 0.1) is 5.92 Å². The Bertz CT molecular complexity index is 385. The predicted molar refractivity (Wildman–Crippen MR) is 68.1 cm³/mol. The van der Waals surface area contributed by atoms with Crippen LogP contribution in [-0.2, 0) is 11.2 Å². The van der Waals surface area contributed by atoms with Crippen LogP contribution in [0.4, 0.5) is 5.13 Å². The molecular weight excluding hydrogens is 236 g/mol. The molecule has 5 nitrogen and oxygen atoms in total. The molecule has 17 heavy (non-hydrogen) atoms. The molecule has 1 aromatic rings. The van der Waals surface area contributed by atoms with Gasteiger partial charge in [-0.3, -0.25) is 10.1 Å². The summed E-state index contributed by atoms with van der Waals surface area (Å²) in [5.41, 5.74) is 0. The molecular formula is C11H18N4OS. The molecule has 1 aromatic heterocycles. The van der Waals surface area contributed by atoms with Crippen LogP contribution in [0.5, 0.6) is 0 Å². The van der Waals surface area contributed by atoms with Gasteiger partial charge in [-0.25, -0.2) is 0 Å². The molecule has 0 aromatic carbocycles. The molecule has 2 heterocycles. The average molecular weight is 254 g/mol. The number of carbonyl (C=O) groups is 1. The lowest BCUT2D eigenvalue weighted by molar-refractivity contribution is -0.117. The first-order chi connectivity index (χ1) is 8.15. The van der Waals surface area contributed by atoms with Gasteiger partial charge in [0.2, 0.25) is 11.0 Å². The van der Waals surface area contributed by atoms with Gasteiger partial charge in [0, 0.05) is 6.42 Å². The van der Waals surface area contributed by atoms with E-state index in [9.17, 15) is 4.79 Å². The van der Waals surface area contributed by atoms with Gasteiger partial charge in [-0.2, -0.15) is 0 Å². The van der Waals surface area contributed by atoms with Crippen molar-refractivity contribution in [2.45, 2.75) is 39.2 Å². The molecule has 1 aliphatic rings. The largest absolute Gasteiger partial charge is 0.306 e. The van der Waals surface area contributed by atoms with Crippen LogP contribution in [0.25, 0.3) is 0 Å². The second kappa shape index (κ2) is 5.55. The van der Waals surface area contributed by atoms with E-state index in [1.807, 2.05) is 0 Å². The summed E-state index contributed by atoms with van der Waals surface area (Å²) in [6, 6.07) is -0.0625. The first-order valence-corrected chi connectivity index (χ1v) is 6.83. The van der Waals surface area contributed by atoms with E-state index in [0.29, 0.717) is 11.0 Å². The molecule has 1 atom stereocenters. The number of hydrogen-bond donors (Lipinski definition) is 2. The number of rotatable bonds is 4. The van der Waals surface area contributed by atoms with Crippen molar-refractivity contribution >= 4 is 22.4 Å². The van der Waals surface area contributed by atoms with Gasteiger partial charge in [-0.1, -0.05) is 25.2 Å². The number of nitrogens with zero attached hydrogens (tertiary/aromatic N) is 2. The monoisotopic (exact) mass is 254 g/mol. The maximum atomic E-state index is 11.8. The lowest BCUT2D eigenvalue weighted by Crippen LogP contribution is -2.35. The Morgan fingerprint density at radius 1 is 1.59 bits per heavy atom. The number of hydrogen-bond acceptors (Lipinski definition) is 5. The fraction of sp³-hybridized carbons (Fsp3) is 0.727. The molecule has 0 radical (unpaired) electrons. The van der Waals surface area contributed by atoms with Crippen molar-refractivity contribution in [3.8, 4) is 0 Å². The van der Waals surface area contributed by atoms with Crippen molar-refractivity contribution in [1.82, 2.24) is 15.5 Å². The summed E-state index contributed by atoms with van der Waals surface area (Å²) >= 11 is 1.47. The fourth-order valence-corrected chi connectivity index (χ4v) is 2.79. The minimum absolute atomic E-state index is 0.00902. The Hall–Kier alpha value is -1.01. The second-order valence-corrected chi connectivity index (χ2v) is 5.80. The van der Waals surface area contributed by atoms with Gasteiger partial charge in [0.1, 0.15) is 5.01 Å². The van der Waals surface area contributed by atoms with Crippen molar-refractivity contribution in [3.63, 3.8) is 0 Å². The Morgan fingerprint density at radius 2 is 2.41 bits per heavy atom. The van der Waals surface area contributed by atoms with Crippen molar-refractivity contribution in [3.05, 3.63) is 5.01 Å². The number of amides is 1. The quantitative estimate of drug-likeness (QED) is 0.853. The van der Waals surface area contributed by atoms with Gasteiger partial charge in [-0.15, -0.1) is 10.2 Å². The maximum absolute atomic E-state index is 11.8. The third-order valence-electron chi connectivity index (χ3n) is 2.66. The Morgan fingerprint density at radius 3 is 3.06 bits per heavy atom. The molecule has 0 aliphatic carbocycles. The van der Waals surface area contributed by atoms with Crippen molar-refractivity contribution in [2.75, 3.05) is 11.9 Å². The first-order valence-electron chi connectivity index (χ1n) is 6.02. The lowest BCUT2D eigenvalue weighted by atomic mass is 10.1. The average Bonchev–Trinajstić information content (AvgIpc) is 2.87. The normalized spacial score (nSPS) is 19.8. The highest BCUT2D eigenvalue weighted by Gasteiger charge is 2.22. The van der Waals surface area contributed by atoms with E-state index in [2.05, 4.69) is 34.7 Å². The van der Waals surface area contributed by atoms with Gasteiger partial charge in [0.05, 0.1) is 6.04 Å². The van der Waals surface area contributed by atoms with Gasteiger partial charge in [0.25, 0.3) is 0 Å². The standard InChI is InChI=1S/C11H18N4OS/c1-7(2)6-9-14-15-11(17-9)13-10(16)8-4-3-5-12-8/h7-8,12H,3-6H2,1-2H3,(H,13,15,16)/t8-/m0/s1. The van der Waals surface area contributed by atoms with Gasteiger partial charge in [-0.05, 0) is 25.3 Å². The zero-order chi connectivity index (χ0) is 12.3. The zero-order valence-electron chi connectivity index (χ0n) is 10.2. The van der Waals surface area contributed by atoms with E-state index in [0.717, 1.165) is 30.8 Å². The van der Waals surface area contributed by atoms with Crippen LogP contribution in [0.1, 0.15) is 31.7 Å². The Balaban J connectivity index is 1.89. The van der Waals surface area contributed by atoms with Gasteiger partial charge < -0.3 is 5.32 Å². The molecule has 1 aliphatic heterocycles. The number of anilines is 1. The Labute approximate surface area is 105 Å². The van der Waals surface area contributed by atoms with Crippen molar-refractivity contribution in [2.24, 2.45) is 5.92 Å². The highest BCUT2D eigenvalue weighted by molar-refractivity contribution is 7.15. The molecule has 1 saturated heterocycles. The number of aromatic nitrogens is 2. The van der Waals surface area contributed by atoms with Crippen molar-refractivity contribution < 1.29 is 4.79 Å². The highest BCUT2D eigenvalue weighted by atomic mass is 32.1. The van der Waals surface area contributed by atoms with Crippen LogP contribution in [0.15, 0.2) is 0 Å². The summed E-state index contributed by atoms with van der Waals surface area (Å²) in [6.45, 7) is 5.21. The van der Waals surface area contributed by atoms with Gasteiger partial charge >= 0.3 is 0 Å². The zero-order valence-corrected chi connectivity index (χ0v) is 11.0. The topological polar surface area (TPSA) is 66.9 Å².